The normalized spacial score (nSPS) is 22.2. The standard InChI is InChI=1S/C20H31N/c1-19(2,3)11-14-21-15-12-20(13-16-21)10-6-8-17-7-4-5-9-18(17)20/h4-5,7,9H,6,8,10-16H2,1-3H3. The first-order valence-electron chi connectivity index (χ1n) is 8.79. The van der Waals surface area contributed by atoms with Crippen LogP contribution >= 0.6 is 0 Å². The van der Waals surface area contributed by atoms with E-state index in [0.717, 1.165) is 0 Å². The second-order valence-electron chi connectivity index (χ2n) is 8.44. The number of fused-ring (bicyclic) bond motifs is 2. The summed E-state index contributed by atoms with van der Waals surface area (Å²) in [7, 11) is 0. The molecule has 0 saturated carbocycles. The van der Waals surface area contributed by atoms with Gasteiger partial charge in [0.15, 0.2) is 0 Å². The first kappa shape index (κ1) is 15.1. The lowest BCUT2D eigenvalue weighted by Crippen LogP contribution is -2.45. The van der Waals surface area contributed by atoms with Gasteiger partial charge in [-0.05, 0) is 80.1 Å². The molecule has 0 aromatic heterocycles. The highest BCUT2D eigenvalue weighted by molar-refractivity contribution is 5.37. The van der Waals surface area contributed by atoms with E-state index in [0.29, 0.717) is 10.8 Å². The van der Waals surface area contributed by atoms with Crippen molar-refractivity contribution in [1.29, 1.82) is 0 Å². The van der Waals surface area contributed by atoms with Gasteiger partial charge in [0, 0.05) is 0 Å². The molecule has 2 aliphatic rings. The first-order chi connectivity index (χ1) is 9.99. The van der Waals surface area contributed by atoms with Crippen molar-refractivity contribution in [3.05, 3.63) is 35.4 Å². The molecule has 1 fully saturated rings. The number of piperidine rings is 1. The molecule has 21 heavy (non-hydrogen) atoms. The van der Waals surface area contributed by atoms with Crippen LogP contribution in [0.4, 0.5) is 0 Å². The Bertz CT molecular complexity index is 475. The Kier molecular flexibility index (Phi) is 4.14. The van der Waals surface area contributed by atoms with Crippen LogP contribution in [0, 0.1) is 5.41 Å². The van der Waals surface area contributed by atoms with Gasteiger partial charge in [0.1, 0.15) is 0 Å². The predicted octanol–water partition coefficient (Wildman–Crippen LogP) is 4.79. The molecule has 0 atom stereocenters. The Labute approximate surface area is 130 Å². The molecular formula is C20H31N. The van der Waals surface area contributed by atoms with E-state index in [1.807, 2.05) is 0 Å². The summed E-state index contributed by atoms with van der Waals surface area (Å²) >= 11 is 0. The van der Waals surface area contributed by atoms with Crippen molar-refractivity contribution >= 4 is 0 Å². The Balaban J connectivity index is 1.66. The molecule has 1 aliphatic heterocycles. The highest BCUT2D eigenvalue weighted by Crippen LogP contribution is 2.44. The summed E-state index contributed by atoms with van der Waals surface area (Å²) in [6.45, 7) is 10.9. The predicted molar refractivity (Wildman–Crippen MR) is 90.8 cm³/mol. The quantitative estimate of drug-likeness (QED) is 0.755. The van der Waals surface area contributed by atoms with Crippen molar-refractivity contribution in [2.75, 3.05) is 19.6 Å². The lowest BCUT2D eigenvalue weighted by molar-refractivity contribution is 0.132. The Hall–Kier alpha value is -0.820. The monoisotopic (exact) mass is 285 g/mol. The summed E-state index contributed by atoms with van der Waals surface area (Å²) in [5.74, 6) is 0. The van der Waals surface area contributed by atoms with Gasteiger partial charge < -0.3 is 4.90 Å². The second kappa shape index (κ2) is 5.76. The van der Waals surface area contributed by atoms with E-state index in [-0.39, 0.29) is 0 Å². The molecule has 1 nitrogen and oxygen atoms in total. The molecule has 0 bridgehead atoms. The van der Waals surface area contributed by atoms with Crippen LogP contribution in [0.25, 0.3) is 0 Å². The molecule has 0 N–H and O–H groups in total. The van der Waals surface area contributed by atoms with Crippen LogP contribution in [0.15, 0.2) is 24.3 Å². The molecule has 1 aromatic carbocycles. The SMILES string of the molecule is CC(C)(C)CCN1CCC2(CCCc3ccccc32)CC1. The van der Waals surface area contributed by atoms with Gasteiger partial charge in [-0.3, -0.25) is 0 Å². The van der Waals surface area contributed by atoms with Gasteiger partial charge in [-0.1, -0.05) is 45.0 Å². The fourth-order valence-electron chi connectivity index (χ4n) is 4.23. The maximum atomic E-state index is 2.70. The third kappa shape index (κ3) is 3.34. The molecular weight excluding hydrogens is 254 g/mol. The molecule has 0 amide bonds. The van der Waals surface area contributed by atoms with E-state index in [1.165, 1.54) is 58.2 Å². The number of likely N-dealkylation sites (tertiary alicyclic amines) is 1. The number of aryl methyl sites for hydroxylation is 1. The van der Waals surface area contributed by atoms with E-state index in [4.69, 9.17) is 0 Å². The zero-order valence-electron chi connectivity index (χ0n) is 14.1. The van der Waals surface area contributed by atoms with E-state index < -0.39 is 0 Å². The molecule has 1 aromatic rings. The summed E-state index contributed by atoms with van der Waals surface area (Å²) in [5, 5.41) is 0. The van der Waals surface area contributed by atoms with Crippen molar-refractivity contribution in [1.82, 2.24) is 4.90 Å². The summed E-state index contributed by atoms with van der Waals surface area (Å²) in [5.41, 5.74) is 4.29. The van der Waals surface area contributed by atoms with Crippen LogP contribution in [0.2, 0.25) is 0 Å². The molecule has 116 valence electrons. The lowest BCUT2D eigenvalue weighted by atomic mass is 9.65. The third-order valence-electron chi connectivity index (χ3n) is 5.68. The minimum absolute atomic E-state index is 0.465. The Morgan fingerprint density at radius 2 is 1.76 bits per heavy atom. The minimum atomic E-state index is 0.465. The van der Waals surface area contributed by atoms with Crippen LogP contribution in [0.5, 0.6) is 0 Å². The summed E-state index contributed by atoms with van der Waals surface area (Å²) in [4.78, 5) is 2.70. The smallest absolute Gasteiger partial charge is 0.00102 e. The van der Waals surface area contributed by atoms with Crippen LogP contribution in [0.1, 0.15) is 64.0 Å². The minimum Gasteiger partial charge on any atom is -0.303 e. The van der Waals surface area contributed by atoms with E-state index >= 15 is 0 Å². The fraction of sp³-hybridized carbons (Fsp3) is 0.700. The molecule has 0 unspecified atom stereocenters. The van der Waals surface area contributed by atoms with Crippen LogP contribution in [0.3, 0.4) is 0 Å². The average Bonchev–Trinajstić information content (AvgIpc) is 2.47. The van der Waals surface area contributed by atoms with Crippen LogP contribution in [-0.4, -0.2) is 24.5 Å². The van der Waals surface area contributed by atoms with Gasteiger partial charge in [-0.15, -0.1) is 0 Å². The van der Waals surface area contributed by atoms with Crippen molar-refractivity contribution in [2.24, 2.45) is 5.41 Å². The third-order valence-corrected chi connectivity index (χ3v) is 5.68. The maximum Gasteiger partial charge on any atom is -0.00102 e. The van der Waals surface area contributed by atoms with Gasteiger partial charge in [-0.2, -0.15) is 0 Å². The largest absolute Gasteiger partial charge is 0.303 e. The first-order valence-corrected chi connectivity index (χ1v) is 8.79. The van der Waals surface area contributed by atoms with Crippen molar-refractivity contribution in [3.63, 3.8) is 0 Å². The number of benzene rings is 1. The number of hydrogen-bond donors (Lipinski definition) is 0. The number of rotatable bonds is 2. The van der Waals surface area contributed by atoms with Crippen LogP contribution in [-0.2, 0) is 11.8 Å². The van der Waals surface area contributed by atoms with Gasteiger partial charge >= 0.3 is 0 Å². The van der Waals surface area contributed by atoms with Gasteiger partial charge in [0.05, 0.1) is 0 Å². The van der Waals surface area contributed by atoms with Crippen LogP contribution < -0.4 is 0 Å². The van der Waals surface area contributed by atoms with Crippen molar-refractivity contribution < 1.29 is 0 Å². The summed E-state index contributed by atoms with van der Waals surface area (Å²) in [6, 6.07) is 9.25. The van der Waals surface area contributed by atoms with E-state index in [2.05, 4.69) is 49.9 Å². The molecule has 1 heterocycles. The summed E-state index contributed by atoms with van der Waals surface area (Å²) < 4.78 is 0. The molecule has 1 saturated heterocycles. The van der Waals surface area contributed by atoms with Gasteiger partial charge in [0.2, 0.25) is 0 Å². The highest BCUT2D eigenvalue weighted by atomic mass is 15.1. The van der Waals surface area contributed by atoms with E-state index in [9.17, 15) is 0 Å². The topological polar surface area (TPSA) is 3.24 Å². The molecule has 1 aliphatic carbocycles. The van der Waals surface area contributed by atoms with Crippen molar-refractivity contribution in [2.45, 2.75) is 64.7 Å². The fourth-order valence-corrected chi connectivity index (χ4v) is 4.23. The molecule has 1 heteroatoms. The molecule has 1 spiro atoms. The Morgan fingerprint density at radius 1 is 1.05 bits per heavy atom. The highest BCUT2D eigenvalue weighted by Gasteiger charge is 2.38. The number of nitrogens with zero attached hydrogens (tertiary/aromatic N) is 1. The summed E-state index contributed by atoms with van der Waals surface area (Å²) in [6.07, 6.45) is 8.15. The van der Waals surface area contributed by atoms with Gasteiger partial charge in [-0.25, -0.2) is 0 Å². The van der Waals surface area contributed by atoms with Crippen molar-refractivity contribution in [3.8, 4) is 0 Å². The maximum absolute atomic E-state index is 2.70. The second-order valence-corrected chi connectivity index (χ2v) is 8.44. The van der Waals surface area contributed by atoms with Gasteiger partial charge in [0.25, 0.3) is 0 Å². The Morgan fingerprint density at radius 3 is 2.48 bits per heavy atom. The zero-order valence-corrected chi connectivity index (χ0v) is 14.1. The average molecular weight is 285 g/mol. The molecule has 3 rings (SSSR count). The lowest BCUT2D eigenvalue weighted by Gasteiger charge is -2.46. The number of hydrogen-bond acceptors (Lipinski definition) is 1. The molecule has 0 radical (unpaired) electrons. The zero-order chi connectivity index (χ0) is 14.9. The van der Waals surface area contributed by atoms with E-state index in [1.54, 1.807) is 11.1 Å².